The highest BCUT2D eigenvalue weighted by atomic mass is 15.2. The molecule has 2 atom stereocenters. The van der Waals surface area contributed by atoms with E-state index < -0.39 is 0 Å². The Kier molecular flexibility index (Phi) is 3.58. The predicted octanol–water partition coefficient (Wildman–Crippen LogP) is 2.78. The average molecular weight is 214 g/mol. The van der Waals surface area contributed by atoms with Crippen LogP contribution < -0.4 is 0 Å². The van der Waals surface area contributed by atoms with Crippen molar-refractivity contribution in [2.24, 2.45) is 0 Å². The van der Waals surface area contributed by atoms with Gasteiger partial charge < -0.3 is 0 Å². The van der Waals surface area contributed by atoms with Gasteiger partial charge in [0.2, 0.25) is 0 Å². The van der Waals surface area contributed by atoms with E-state index in [1.807, 2.05) is 18.2 Å². The van der Waals surface area contributed by atoms with Crippen LogP contribution in [0.1, 0.15) is 31.2 Å². The minimum absolute atomic E-state index is 0.0155. The van der Waals surface area contributed by atoms with E-state index in [-0.39, 0.29) is 5.92 Å². The summed E-state index contributed by atoms with van der Waals surface area (Å²) in [5, 5.41) is 9.25. The summed E-state index contributed by atoms with van der Waals surface area (Å²) in [6.45, 7) is 4.28. The molecule has 1 fully saturated rings. The van der Waals surface area contributed by atoms with Crippen LogP contribution in [0, 0.1) is 11.3 Å². The molecule has 2 unspecified atom stereocenters. The van der Waals surface area contributed by atoms with Gasteiger partial charge in [0.05, 0.1) is 12.0 Å². The first-order valence-electron chi connectivity index (χ1n) is 6.00. The second-order valence-corrected chi connectivity index (χ2v) is 4.58. The number of nitriles is 1. The molecule has 2 rings (SSSR count). The molecule has 0 spiro atoms. The van der Waals surface area contributed by atoms with E-state index in [1.54, 1.807) is 0 Å². The Bertz CT molecular complexity index is 366. The van der Waals surface area contributed by atoms with Crippen molar-refractivity contribution in [1.82, 2.24) is 4.90 Å². The predicted molar refractivity (Wildman–Crippen MR) is 65.1 cm³/mol. The fourth-order valence-corrected chi connectivity index (χ4v) is 2.40. The lowest BCUT2D eigenvalue weighted by atomic mass is 10.00. The summed E-state index contributed by atoms with van der Waals surface area (Å²) in [6.07, 6.45) is 2.54. The number of hydrogen-bond donors (Lipinski definition) is 0. The van der Waals surface area contributed by atoms with Crippen LogP contribution in [0.15, 0.2) is 30.3 Å². The molecule has 0 amide bonds. The lowest BCUT2D eigenvalue weighted by Gasteiger charge is -2.23. The van der Waals surface area contributed by atoms with Crippen molar-refractivity contribution in [2.75, 3.05) is 13.1 Å². The highest BCUT2D eigenvalue weighted by Crippen LogP contribution is 2.22. The van der Waals surface area contributed by atoms with Crippen LogP contribution in [0.25, 0.3) is 0 Å². The van der Waals surface area contributed by atoms with Gasteiger partial charge in [0, 0.05) is 12.6 Å². The van der Waals surface area contributed by atoms with Crippen molar-refractivity contribution >= 4 is 0 Å². The van der Waals surface area contributed by atoms with Crippen molar-refractivity contribution in [3.8, 4) is 6.07 Å². The second kappa shape index (κ2) is 5.14. The van der Waals surface area contributed by atoms with Gasteiger partial charge in [-0.25, -0.2) is 0 Å². The van der Waals surface area contributed by atoms with Gasteiger partial charge >= 0.3 is 0 Å². The maximum Gasteiger partial charge on any atom is 0.0839 e. The number of benzene rings is 1. The zero-order chi connectivity index (χ0) is 11.4. The molecule has 1 saturated heterocycles. The van der Waals surface area contributed by atoms with Crippen LogP contribution in [-0.4, -0.2) is 24.0 Å². The third-order valence-corrected chi connectivity index (χ3v) is 3.47. The monoisotopic (exact) mass is 214 g/mol. The maximum atomic E-state index is 9.25. The SMILES string of the molecule is CC1CCCN1CC(C#N)c1ccccc1. The van der Waals surface area contributed by atoms with Gasteiger partial charge in [-0.1, -0.05) is 30.3 Å². The van der Waals surface area contributed by atoms with E-state index in [0.29, 0.717) is 6.04 Å². The Balaban J connectivity index is 2.04. The van der Waals surface area contributed by atoms with Crippen molar-refractivity contribution < 1.29 is 0 Å². The van der Waals surface area contributed by atoms with E-state index in [9.17, 15) is 5.26 Å². The average Bonchev–Trinajstić information content (AvgIpc) is 2.73. The quantitative estimate of drug-likeness (QED) is 0.773. The summed E-state index contributed by atoms with van der Waals surface area (Å²) in [5.74, 6) is 0.0155. The molecule has 2 nitrogen and oxygen atoms in total. The molecule has 1 aromatic carbocycles. The first-order chi connectivity index (χ1) is 7.81. The minimum atomic E-state index is 0.0155. The van der Waals surface area contributed by atoms with Gasteiger partial charge in [-0.05, 0) is 31.9 Å². The first-order valence-corrected chi connectivity index (χ1v) is 6.00. The molecule has 0 saturated carbocycles. The van der Waals surface area contributed by atoms with E-state index in [0.717, 1.165) is 18.7 Å². The number of rotatable bonds is 3. The Morgan fingerprint density at radius 3 is 2.75 bits per heavy atom. The van der Waals surface area contributed by atoms with Crippen LogP contribution in [0.4, 0.5) is 0 Å². The van der Waals surface area contributed by atoms with Gasteiger partial charge in [-0.3, -0.25) is 4.90 Å². The van der Waals surface area contributed by atoms with Gasteiger partial charge in [0.25, 0.3) is 0 Å². The summed E-state index contributed by atoms with van der Waals surface area (Å²) >= 11 is 0. The van der Waals surface area contributed by atoms with E-state index in [4.69, 9.17) is 0 Å². The van der Waals surface area contributed by atoms with E-state index >= 15 is 0 Å². The van der Waals surface area contributed by atoms with Gasteiger partial charge in [-0.15, -0.1) is 0 Å². The molecule has 1 aliphatic rings. The maximum absolute atomic E-state index is 9.25. The lowest BCUT2D eigenvalue weighted by molar-refractivity contribution is 0.264. The summed E-state index contributed by atoms with van der Waals surface area (Å²) in [5.41, 5.74) is 1.14. The first kappa shape index (κ1) is 11.2. The highest BCUT2D eigenvalue weighted by Gasteiger charge is 2.23. The third kappa shape index (κ3) is 2.43. The molecular weight excluding hydrogens is 196 g/mol. The summed E-state index contributed by atoms with van der Waals surface area (Å²) in [7, 11) is 0. The molecular formula is C14H18N2. The van der Waals surface area contributed by atoms with E-state index in [1.165, 1.54) is 12.8 Å². The van der Waals surface area contributed by atoms with Crippen LogP contribution in [-0.2, 0) is 0 Å². The second-order valence-electron chi connectivity index (χ2n) is 4.58. The number of hydrogen-bond acceptors (Lipinski definition) is 2. The van der Waals surface area contributed by atoms with Gasteiger partial charge in [0.1, 0.15) is 0 Å². The fourth-order valence-electron chi connectivity index (χ4n) is 2.40. The van der Waals surface area contributed by atoms with E-state index in [2.05, 4.69) is 30.0 Å². The minimum Gasteiger partial charge on any atom is -0.299 e. The van der Waals surface area contributed by atoms with Crippen molar-refractivity contribution in [3.05, 3.63) is 35.9 Å². The lowest BCUT2D eigenvalue weighted by Crippen LogP contribution is -2.31. The summed E-state index contributed by atoms with van der Waals surface area (Å²) < 4.78 is 0. The molecule has 0 aromatic heterocycles. The highest BCUT2D eigenvalue weighted by molar-refractivity contribution is 5.25. The molecule has 0 radical (unpaired) electrons. The Labute approximate surface area is 97.5 Å². The van der Waals surface area contributed by atoms with Crippen LogP contribution in [0.5, 0.6) is 0 Å². The summed E-state index contributed by atoms with van der Waals surface area (Å²) in [6, 6.07) is 13.2. The van der Waals surface area contributed by atoms with Gasteiger partial charge in [0.15, 0.2) is 0 Å². The van der Waals surface area contributed by atoms with Crippen LogP contribution in [0.2, 0.25) is 0 Å². The van der Waals surface area contributed by atoms with Crippen LogP contribution in [0.3, 0.4) is 0 Å². The zero-order valence-corrected chi connectivity index (χ0v) is 9.76. The normalized spacial score (nSPS) is 22.9. The molecule has 84 valence electrons. The molecule has 1 aromatic rings. The molecule has 2 heteroatoms. The Morgan fingerprint density at radius 2 is 2.19 bits per heavy atom. The molecule has 0 bridgehead atoms. The van der Waals surface area contributed by atoms with Crippen molar-refractivity contribution in [3.63, 3.8) is 0 Å². The molecule has 1 heterocycles. The standard InChI is InChI=1S/C14H18N2/c1-12-6-5-9-16(12)11-14(10-15)13-7-3-2-4-8-13/h2-4,7-8,12,14H,5-6,9,11H2,1H3. The molecule has 0 aliphatic carbocycles. The largest absolute Gasteiger partial charge is 0.299 e. The molecule has 0 N–H and O–H groups in total. The van der Waals surface area contributed by atoms with Gasteiger partial charge in [-0.2, -0.15) is 5.26 Å². The number of nitrogens with zero attached hydrogens (tertiary/aromatic N) is 2. The van der Waals surface area contributed by atoms with Crippen molar-refractivity contribution in [1.29, 1.82) is 5.26 Å². The van der Waals surface area contributed by atoms with Crippen molar-refractivity contribution in [2.45, 2.75) is 31.7 Å². The van der Waals surface area contributed by atoms with Crippen LogP contribution >= 0.6 is 0 Å². The smallest absolute Gasteiger partial charge is 0.0839 e. The zero-order valence-electron chi connectivity index (χ0n) is 9.76. The molecule has 16 heavy (non-hydrogen) atoms. The Hall–Kier alpha value is -1.33. The summed E-state index contributed by atoms with van der Waals surface area (Å²) in [4.78, 5) is 2.43. The fraction of sp³-hybridized carbons (Fsp3) is 0.500. The molecule has 1 aliphatic heterocycles. The Morgan fingerprint density at radius 1 is 1.44 bits per heavy atom. The topological polar surface area (TPSA) is 27.0 Å². The number of likely N-dealkylation sites (tertiary alicyclic amines) is 1. The third-order valence-electron chi connectivity index (χ3n) is 3.47.